The normalized spacial score (nSPS) is 25.3. The van der Waals surface area contributed by atoms with E-state index in [2.05, 4.69) is 35.1 Å². The lowest BCUT2D eigenvalue weighted by Gasteiger charge is -2.31. The molecule has 1 nitrogen and oxygen atoms in total. The second-order valence-electron chi connectivity index (χ2n) is 5.68. The second-order valence-corrected chi connectivity index (χ2v) is 6.53. The zero-order valence-electron chi connectivity index (χ0n) is 11.8. The van der Waals surface area contributed by atoms with E-state index in [-0.39, 0.29) is 11.9 Å². The number of hydrogen-bond donors (Lipinski definition) is 1. The first-order chi connectivity index (χ1) is 9.10. The fourth-order valence-corrected chi connectivity index (χ4v) is 3.73. The molecule has 0 bridgehead atoms. The summed E-state index contributed by atoms with van der Waals surface area (Å²) in [6, 6.07) is 5.82. The molecule has 0 aliphatic heterocycles. The van der Waals surface area contributed by atoms with Crippen molar-refractivity contribution in [3.63, 3.8) is 0 Å². The molecule has 1 N–H and O–H groups in total. The van der Waals surface area contributed by atoms with Crippen LogP contribution in [0.25, 0.3) is 0 Å². The molecule has 1 aromatic carbocycles. The fourth-order valence-electron chi connectivity index (χ4n) is 3.03. The number of nitrogens with one attached hydrogen (secondary N) is 1. The van der Waals surface area contributed by atoms with Crippen LogP contribution in [0.15, 0.2) is 22.7 Å². The van der Waals surface area contributed by atoms with E-state index in [0.29, 0.717) is 6.04 Å². The Balaban J connectivity index is 1.92. The summed E-state index contributed by atoms with van der Waals surface area (Å²) in [5, 5.41) is 3.69. The van der Waals surface area contributed by atoms with Crippen molar-refractivity contribution in [3.05, 3.63) is 34.1 Å². The highest BCUT2D eigenvalue weighted by Gasteiger charge is 2.22. The molecule has 106 valence electrons. The van der Waals surface area contributed by atoms with Gasteiger partial charge in [-0.3, -0.25) is 0 Å². The molecule has 1 aliphatic rings. The maximum Gasteiger partial charge on any atom is 0.124 e. The first-order valence-corrected chi connectivity index (χ1v) is 8.10. The van der Waals surface area contributed by atoms with E-state index in [4.69, 9.17) is 0 Å². The molecular formula is C16H23BrFN. The van der Waals surface area contributed by atoms with Gasteiger partial charge in [-0.2, -0.15) is 0 Å². The quantitative estimate of drug-likeness (QED) is 0.800. The summed E-state index contributed by atoms with van der Waals surface area (Å²) in [6.07, 6.45) is 6.52. The molecule has 1 atom stereocenters. The van der Waals surface area contributed by atoms with Gasteiger partial charge in [-0.15, -0.1) is 0 Å². The monoisotopic (exact) mass is 327 g/mol. The van der Waals surface area contributed by atoms with E-state index in [1.807, 2.05) is 6.07 Å². The highest BCUT2D eigenvalue weighted by molar-refractivity contribution is 9.10. The lowest BCUT2D eigenvalue weighted by Crippen LogP contribution is -2.35. The van der Waals surface area contributed by atoms with E-state index >= 15 is 0 Å². The predicted molar refractivity (Wildman–Crippen MR) is 81.7 cm³/mol. The number of halogens is 2. The van der Waals surface area contributed by atoms with Crippen molar-refractivity contribution in [1.82, 2.24) is 5.32 Å². The first-order valence-electron chi connectivity index (χ1n) is 7.31. The minimum absolute atomic E-state index is 0.189. The number of benzene rings is 1. The van der Waals surface area contributed by atoms with Crippen molar-refractivity contribution >= 4 is 15.9 Å². The Morgan fingerprint density at radius 2 is 2.00 bits per heavy atom. The lowest BCUT2D eigenvalue weighted by atomic mass is 9.84. The van der Waals surface area contributed by atoms with E-state index < -0.39 is 0 Å². The van der Waals surface area contributed by atoms with Gasteiger partial charge in [0.15, 0.2) is 0 Å². The fraction of sp³-hybridized carbons (Fsp3) is 0.625. The van der Waals surface area contributed by atoms with Crippen LogP contribution in [0.2, 0.25) is 0 Å². The SMILES string of the molecule is CCC1CCC(NC(C)c2ccc(F)cc2Br)CC1. The molecule has 19 heavy (non-hydrogen) atoms. The molecule has 0 saturated heterocycles. The molecule has 0 aromatic heterocycles. The van der Waals surface area contributed by atoms with Crippen LogP contribution in [-0.4, -0.2) is 6.04 Å². The minimum atomic E-state index is -0.189. The summed E-state index contributed by atoms with van der Waals surface area (Å²) in [7, 11) is 0. The maximum absolute atomic E-state index is 13.1. The van der Waals surface area contributed by atoms with Crippen LogP contribution in [-0.2, 0) is 0 Å². The highest BCUT2D eigenvalue weighted by atomic mass is 79.9. The Labute approximate surface area is 124 Å². The van der Waals surface area contributed by atoms with Crippen LogP contribution in [0, 0.1) is 11.7 Å². The van der Waals surface area contributed by atoms with Gasteiger partial charge in [-0.05, 0) is 56.2 Å². The van der Waals surface area contributed by atoms with Gasteiger partial charge in [-0.25, -0.2) is 4.39 Å². The molecule has 1 fully saturated rings. The Bertz CT molecular complexity index is 413. The van der Waals surface area contributed by atoms with Gasteiger partial charge in [0.05, 0.1) is 0 Å². The van der Waals surface area contributed by atoms with Gasteiger partial charge < -0.3 is 5.32 Å². The molecule has 1 aliphatic carbocycles. The van der Waals surface area contributed by atoms with Crippen molar-refractivity contribution < 1.29 is 4.39 Å². The van der Waals surface area contributed by atoms with Crippen molar-refractivity contribution in [2.45, 2.75) is 58.0 Å². The third-order valence-electron chi connectivity index (χ3n) is 4.34. The van der Waals surface area contributed by atoms with Crippen LogP contribution < -0.4 is 5.32 Å². The molecule has 1 aromatic rings. The third kappa shape index (κ3) is 4.03. The Kier molecular flexibility index (Phi) is 5.40. The van der Waals surface area contributed by atoms with Crippen molar-refractivity contribution in [1.29, 1.82) is 0 Å². The number of rotatable bonds is 4. The Morgan fingerprint density at radius 3 is 2.58 bits per heavy atom. The zero-order valence-corrected chi connectivity index (χ0v) is 13.3. The van der Waals surface area contributed by atoms with Crippen LogP contribution >= 0.6 is 15.9 Å². The summed E-state index contributed by atoms with van der Waals surface area (Å²) in [4.78, 5) is 0. The molecule has 1 saturated carbocycles. The van der Waals surface area contributed by atoms with Crippen molar-refractivity contribution in [2.75, 3.05) is 0 Å². The van der Waals surface area contributed by atoms with Gasteiger partial charge >= 0.3 is 0 Å². The minimum Gasteiger partial charge on any atom is -0.307 e. The second kappa shape index (κ2) is 6.85. The van der Waals surface area contributed by atoms with E-state index in [0.717, 1.165) is 16.0 Å². The van der Waals surface area contributed by atoms with Gasteiger partial charge in [0, 0.05) is 16.6 Å². The smallest absolute Gasteiger partial charge is 0.124 e. The van der Waals surface area contributed by atoms with Crippen molar-refractivity contribution in [3.8, 4) is 0 Å². The zero-order chi connectivity index (χ0) is 13.8. The van der Waals surface area contributed by atoms with Gasteiger partial charge in [0.25, 0.3) is 0 Å². The summed E-state index contributed by atoms with van der Waals surface area (Å²) in [6.45, 7) is 4.45. The van der Waals surface area contributed by atoms with Gasteiger partial charge in [-0.1, -0.05) is 35.3 Å². The molecule has 2 rings (SSSR count). The van der Waals surface area contributed by atoms with E-state index in [9.17, 15) is 4.39 Å². The molecule has 0 spiro atoms. The molecule has 0 amide bonds. The number of hydrogen-bond acceptors (Lipinski definition) is 1. The van der Waals surface area contributed by atoms with Crippen LogP contribution in [0.1, 0.15) is 57.6 Å². The van der Waals surface area contributed by atoms with E-state index in [1.165, 1.54) is 38.2 Å². The molecular weight excluding hydrogens is 305 g/mol. The largest absolute Gasteiger partial charge is 0.307 e. The Morgan fingerprint density at radius 1 is 1.32 bits per heavy atom. The lowest BCUT2D eigenvalue weighted by molar-refractivity contribution is 0.273. The topological polar surface area (TPSA) is 12.0 Å². The van der Waals surface area contributed by atoms with Gasteiger partial charge in [0.2, 0.25) is 0 Å². The average Bonchev–Trinajstić information content (AvgIpc) is 2.39. The molecule has 3 heteroatoms. The summed E-state index contributed by atoms with van der Waals surface area (Å²) >= 11 is 3.45. The van der Waals surface area contributed by atoms with Crippen molar-refractivity contribution in [2.24, 2.45) is 5.92 Å². The van der Waals surface area contributed by atoms with Crippen LogP contribution in [0.5, 0.6) is 0 Å². The first kappa shape index (κ1) is 15.0. The summed E-state index contributed by atoms with van der Waals surface area (Å²) in [5.74, 6) is 0.734. The summed E-state index contributed by atoms with van der Waals surface area (Å²) in [5.41, 5.74) is 1.14. The molecule has 0 radical (unpaired) electrons. The van der Waals surface area contributed by atoms with Crippen LogP contribution in [0.4, 0.5) is 4.39 Å². The third-order valence-corrected chi connectivity index (χ3v) is 5.03. The Hall–Kier alpha value is -0.410. The molecule has 0 heterocycles. The standard InChI is InChI=1S/C16H23BrFN/c1-3-12-4-7-14(8-5-12)19-11(2)15-9-6-13(18)10-16(15)17/h6,9-12,14,19H,3-5,7-8H2,1-2H3. The average molecular weight is 328 g/mol. The molecule has 1 unspecified atom stereocenters. The predicted octanol–water partition coefficient (Wildman–Crippen LogP) is 5.21. The van der Waals surface area contributed by atoms with Crippen LogP contribution in [0.3, 0.4) is 0 Å². The summed E-state index contributed by atoms with van der Waals surface area (Å²) < 4.78 is 14.0. The highest BCUT2D eigenvalue weighted by Crippen LogP contribution is 2.29. The van der Waals surface area contributed by atoms with E-state index in [1.54, 1.807) is 6.07 Å². The van der Waals surface area contributed by atoms with Gasteiger partial charge in [0.1, 0.15) is 5.82 Å². The maximum atomic E-state index is 13.1.